The van der Waals surface area contributed by atoms with Gasteiger partial charge in [0.15, 0.2) is 0 Å². The van der Waals surface area contributed by atoms with E-state index in [0.29, 0.717) is 6.42 Å². The number of hydrogen-bond donors (Lipinski definition) is 2. The number of nitrogens with one attached hydrogen (secondary N) is 1. The van der Waals surface area contributed by atoms with Crippen molar-refractivity contribution in [3.63, 3.8) is 0 Å². The van der Waals surface area contributed by atoms with E-state index in [2.05, 4.69) is 22.9 Å². The Morgan fingerprint density at radius 2 is 1.97 bits per heavy atom. The topological polar surface area (TPSA) is 99.2 Å². The van der Waals surface area contributed by atoms with Gasteiger partial charge in [0, 0.05) is 42.2 Å². The molecular weight excluding hydrogens is 440 g/mol. The van der Waals surface area contributed by atoms with Crippen LogP contribution in [0, 0.1) is 17.2 Å². The van der Waals surface area contributed by atoms with Crippen molar-refractivity contribution < 1.29 is 8.42 Å². The Balaban J connectivity index is 1.41. The van der Waals surface area contributed by atoms with Gasteiger partial charge in [-0.25, -0.2) is 13.6 Å². The Kier molecular flexibility index (Phi) is 7.01. The molecule has 170 valence electrons. The van der Waals surface area contributed by atoms with Gasteiger partial charge in [-0.15, -0.1) is 11.3 Å². The number of fused-ring (bicyclic) bond motifs is 1. The predicted octanol–water partition coefficient (Wildman–Crippen LogP) is 4.37. The van der Waals surface area contributed by atoms with E-state index < -0.39 is 10.0 Å². The first-order valence-corrected chi connectivity index (χ1v) is 13.5. The van der Waals surface area contributed by atoms with Crippen LogP contribution in [0.4, 0.5) is 5.00 Å². The van der Waals surface area contributed by atoms with Crippen LogP contribution < -0.4 is 10.5 Å². The fraction of sp³-hybridized carbons (Fsp3) is 0.458. The van der Waals surface area contributed by atoms with Gasteiger partial charge in [0.1, 0.15) is 11.1 Å². The Morgan fingerprint density at radius 1 is 1.25 bits per heavy atom. The molecule has 2 aliphatic rings. The number of nitrogens with two attached hydrogens (primary N) is 1. The molecule has 2 heterocycles. The molecule has 3 N–H and O–H groups in total. The number of sulfonamides is 1. The van der Waals surface area contributed by atoms with Crippen molar-refractivity contribution in [1.29, 1.82) is 5.26 Å². The minimum absolute atomic E-state index is 0.0929. The molecule has 0 radical (unpaired) electrons. The van der Waals surface area contributed by atoms with E-state index in [-0.39, 0.29) is 4.90 Å². The largest absolute Gasteiger partial charge is 0.350 e. The maximum atomic E-state index is 11.4. The third-order valence-electron chi connectivity index (χ3n) is 6.44. The van der Waals surface area contributed by atoms with Crippen LogP contribution in [0.5, 0.6) is 0 Å². The number of anilines is 1. The van der Waals surface area contributed by atoms with Crippen molar-refractivity contribution >= 4 is 26.4 Å². The lowest BCUT2D eigenvalue weighted by Crippen LogP contribution is -2.34. The molecule has 1 saturated carbocycles. The lowest BCUT2D eigenvalue weighted by atomic mass is 9.88. The van der Waals surface area contributed by atoms with Crippen LogP contribution >= 0.6 is 11.3 Å². The van der Waals surface area contributed by atoms with Gasteiger partial charge in [-0.3, -0.25) is 4.90 Å². The van der Waals surface area contributed by atoms with Gasteiger partial charge in [0.05, 0.1) is 10.5 Å². The molecule has 0 spiro atoms. The summed E-state index contributed by atoms with van der Waals surface area (Å²) >= 11 is 1.66. The van der Waals surface area contributed by atoms with E-state index in [4.69, 9.17) is 5.14 Å². The van der Waals surface area contributed by atoms with Crippen LogP contribution in [0.15, 0.2) is 41.4 Å². The van der Waals surface area contributed by atoms with Crippen molar-refractivity contribution in [3.05, 3.63) is 58.1 Å². The Labute approximate surface area is 194 Å². The summed E-state index contributed by atoms with van der Waals surface area (Å²) in [5, 5.41) is 19.3. The van der Waals surface area contributed by atoms with Gasteiger partial charge < -0.3 is 5.32 Å². The van der Waals surface area contributed by atoms with E-state index in [9.17, 15) is 13.7 Å². The summed E-state index contributed by atoms with van der Waals surface area (Å²) < 4.78 is 22.8. The van der Waals surface area contributed by atoms with Crippen molar-refractivity contribution in [2.45, 2.75) is 56.4 Å². The Morgan fingerprint density at radius 3 is 2.62 bits per heavy atom. The normalized spacial score (nSPS) is 17.5. The van der Waals surface area contributed by atoms with E-state index in [1.165, 1.54) is 54.7 Å². The van der Waals surface area contributed by atoms with Gasteiger partial charge >= 0.3 is 0 Å². The summed E-state index contributed by atoms with van der Waals surface area (Å²) in [6.07, 6.45) is 8.28. The number of rotatable bonds is 7. The fourth-order valence-electron chi connectivity index (χ4n) is 4.79. The first kappa shape index (κ1) is 23.0. The van der Waals surface area contributed by atoms with E-state index in [1.54, 1.807) is 23.5 Å². The zero-order chi connectivity index (χ0) is 22.7. The average molecular weight is 471 g/mol. The summed E-state index contributed by atoms with van der Waals surface area (Å²) in [6.45, 7) is 7.18. The zero-order valence-corrected chi connectivity index (χ0v) is 19.9. The molecule has 0 saturated heterocycles. The zero-order valence-electron chi connectivity index (χ0n) is 18.3. The molecule has 1 aliphatic carbocycles. The van der Waals surface area contributed by atoms with Crippen molar-refractivity contribution in [1.82, 2.24) is 4.90 Å². The summed E-state index contributed by atoms with van der Waals surface area (Å²) in [5.74, 6) is 0.799. The highest BCUT2D eigenvalue weighted by molar-refractivity contribution is 7.89. The summed E-state index contributed by atoms with van der Waals surface area (Å²) in [5.41, 5.74) is 3.60. The van der Waals surface area contributed by atoms with Crippen LogP contribution in [0.25, 0.3) is 0 Å². The fourth-order valence-corrected chi connectivity index (χ4v) is 6.50. The van der Waals surface area contributed by atoms with Crippen LogP contribution in [0.1, 0.15) is 53.7 Å². The van der Waals surface area contributed by atoms with Crippen LogP contribution in [-0.4, -0.2) is 26.4 Å². The SMILES string of the molecule is C=C(Cc1ccc(S(N)(=O)=O)cc1)Nc1sc2c(c1C#N)CN(CC1CCCCC1)CC2. The maximum Gasteiger partial charge on any atom is 0.238 e. The molecule has 2 aromatic rings. The molecule has 0 bridgehead atoms. The number of hydrogen-bond acceptors (Lipinski definition) is 6. The Bertz CT molecular complexity index is 1120. The van der Waals surface area contributed by atoms with Gasteiger partial charge in [0.25, 0.3) is 0 Å². The van der Waals surface area contributed by atoms with Crippen LogP contribution in [0.2, 0.25) is 0 Å². The van der Waals surface area contributed by atoms with Crippen molar-refractivity contribution in [2.75, 3.05) is 18.4 Å². The molecule has 1 aromatic heterocycles. The monoisotopic (exact) mass is 470 g/mol. The average Bonchev–Trinajstić information content (AvgIpc) is 3.10. The van der Waals surface area contributed by atoms with Crippen LogP contribution in [-0.2, 0) is 29.4 Å². The molecule has 6 nitrogen and oxygen atoms in total. The molecule has 32 heavy (non-hydrogen) atoms. The molecule has 1 aromatic carbocycles. The van der Waals surface area contributed by atoms with Gasteiger partial charge in [-0.2, -0.15) is 5.26 Å². The summed E-state index contributed by atoms with van der Waals surface area (Å²) in [6, 6.07) is 8.90. The molecule has 1 fully saturated rings. The van der Waals surface area contributed by atoms with Gasteiger partial charge in [-0.1, -0.05) is 38.0 Å². The number of allylic oxidation sites excluding steroid dienone is 1. The molecule has 0 unspecified atom stereocenters. The number of nitriles is 1. The lowest BCUT2D eigenvalue weighted by Gasteiger charge is -2.32. The van der Waals surface area contributed by atoms with Gasteiger partial charge in [0.2, 0.25) is 10.0 Å². The highest BCUT2D eigenvalue weighted by atomic mass is 32.2. The second kappa shape index (κ2) is 9.75. The standard InChI is InChI=1S/C24H30N4O2S2/c1-17(13-18-7-9-20(10-8-18)32(26,29)30)27-24-21(14-25)22-16-28(12-11-23(22)31-24)15-19-5-3-2-4-6-19/h7-10,19,27H,1-6,11-13,15-16H2,(H2,26,29,30). The molecule has 1 aliphatic heterocycles. The quantitative estimate of drug-likeness (QED) is 0.626. The highest BCUT2D eigenvalue weighted by Gasteiger charge is 2.26. The molecule has 0 atom stereocenters. The minimum Gasteiger partial charge on any atom is -0.350 e. The second-order valence-corrected chi connectivity index (χ2v) is 11.6. The highest BCUT2D eigenvalue weighted by Crippen LogP contribution is 2.38. The third kappa shape index (κ3) is 5.41. The molecule has 8 heteroatoms. The first-order chi connectivity index (χ1) is 15.3. The summed E-state index contributed by atoms with van der Waals surface area (Å²) in [7, 11) is -3.70. The van der Waals surface area contributed by atoms with Crippen molar-refractivity contribution in [2.24, 2.45) is 11.1 Å². The van der Waals surface area contributed by atoms with E-state index >= 15 is 0 Å². The summed E-state index contributed by atoms with van der Waals surface area (Å²) in [4.78, 5) is 3.92. The number of primary sulfonamides is 1. The van der Waals surface area contributed by atoms with E-state index in [0.717, 1.165) is 53.8 Å². The third-order valence-corrected chi connectivity index (χ3v) is 8.58. The smallest absolute Gasteiger partial charge is 0.238 e. The number of benzene rings is 1. The van der Waals surface area contributed by atoms with Gasteiger partial charge in [-0.05, 0) is 42.9 Å². The lowest BCUT2D eigenvalue weighted by molar-refractivity contribution is 0.188. The second-order valence-electron chi connectivity index (χ2n) is 8.90. The van der Waals surface area contributed by atoms with Crippen molar-refractivity contribution in [3.8, 4) is 6.07 Å². The molecular formula is C24H30N4O2S2. The number of thiophene rings is 1. The first-order valence-electron chi connectivity index (χ1n) is 11.2. The number of nitrogens with zero attached hydrogens (tertiary/aromatic N) is 2. The Hall–Kier alpha value is -2.18. The predicted molar refractivity (Wildman–Crippen MR) is 129 cm³/mol. The molecule has 0 amide bonds. The molecule has 4 rings (SSSR count). The van der Waals surface area contributed by atoms with E-state index in [1.807, 2.05) is 0 Å². The maximum absolute atomic E-state index is 11.4. The van der Waals surface area contributed by atoms with Crippen LogP contribution in [0.3, 0.4) is 0 Å². The minimum atomic E-state index is -3.70.